The highest BCUT2D eigenvalue weighted by molar-refractivity contribution is 7.89. The zero-order chi connectivity index (χ0) is 32.4. The largest absolute Gasteiger partial charge is 0.479 e. The second kappa shape index (κ2) is 13.1. The Kier molecular flexibility index (Phi) is 9.36. The van der Waals surface area contributed by atoms with E-state index in [0.717, 1.165) is 35.2 Å². The average Bonchev–Trinajstić information content (AvgIpc) is 3.02. The number of rotatable bonds is 10. The van der Waals surface area contributed by atoms with Crippen molar-refractivity contribution in [1.29, 1.82) is 0 Å². The Hall–Kier alpha value is -4.15. The predicted molar refractivity (Wildman–Crippen MR) is 166 cm³/mol. The van der Waals surface area contributed by atoms with E-state index < -0.39 is 33.8 Å². The number of alkyl halides is 3. The van der Waals surface area contributed by atoms with Gasteiger partial charge in [0.05, 0.1) is 10.5 Å². The molecule has 0 radical (unpaired) electrons. The van der Waals surface area contributed by atoms with Crippen LogP contribution in [0, 0.1) is 6.92 Å². The van der Waals surface area contributed by atoms with Crippen molar-refractivity contribution in [3.8, 4) is 16.9 Å². The molecule has 236 valence electrons. The van der Waals surface area contributed by atoms with Crippen molar-refractivity contribution in [2.45, 2.75) is 62.7 Å². The van der Waals surface area contributed by atoms with Crippen LogP contribution < -0.4 is 4.74 Å². The van der Waals surface area contributed by atoms with Crippen molar-refractivity contribution in [2.24, 2.45) is 0 Å². The minimum absolute atomic E-state index is 0.0693. The Morgan fingerprint density at radius 2 is 1.67 bits per heavy atom. The van der Waals surface area contributed by atoms with Gasteiger partial charge in [0.2, 0.25) is 10.0 Å². The third kappa shape index (κ3) is 7.23. The van der Waals surface area contributed by atoms with Crippen molar-refractivity contribution < 1.29 is 36.2 Å². The Morgan fingerprint density at radius 1 is 0.978 bits per heavy atom. The summed E-state index contributed by atoms with van der Waals surface area (Å²) in [6, 6.07) is 25.0. The molecule has 1 aliphatic rings. The van der Waals surface area contributed by atoms with Gasteiger partial charge in [-0.15, -0.1) is 0 Å². The van der Waals surface area contributed by atoms with Crippen molar-refractivity contribution in [3.05, 3.63) is 119 Å². The van der Waals surface area contributed by atoms with E-state index in [9.17, 15) is 31.5 Å². The van der Waals surface area contributed by atoms with Crippen LogP contribution in [0.15, 0.2) is 95.9 Å². The molecule has 6 nitrogen and oxygen atoms in total. The maximum Gasteiger partial charge on any atom is 0.416 e. The van der Waals surface area contributed by atoms with Gasteiger partial charge < -0.3 is 9.84 Å². The summed E-state index contributed by atoms with van der Waals surface area (Å²) < 4.78 is 74.6. The molecule has 4 aromatic carbocycles. The van der Waals surface area contributed by atoms with E-state index in [1.807, 2.05) is 48.5 Å². The first-order valence-electron chi connectivity index (χ1n) is 14.7. The molecule has 0 fully saturated rings. The Bertz CT molecular complexity index is 1770. The van der Waals surface area contributed by atoms with Crippen LogP contribution in [0.3, 0.4) is 0 Å². The molecule has 5 rings (SSSR count). The van der Waals surface area contributed by atoms with Crippen LogP contribution in [0.2, 0.25) is 0 Å². The predicted octanol–water partition coefficient (Wildman–Crippen LogP) is 7.84. The van der Waals surface area contributed by atoms with Crippen LogP contribution in [0.25, 0.3) is 11.1 Å². The monoisotopic (exact) mass is 637 g/mol. The lowest BCUT2D eigenvalue weighted by Gasteiger charge is -2.34. The summed E-state index contributed by atoms with van der Waals surface area (Å²) in [5, 5.41) is 9.36. The first kappa shape index (κ1) is 32.2. The smallest absolute Gasteiger partial charge is 0.416 e. The van der Waals surface area contributed by atoms with E-state index in [1.54, 1.807) is 13.8 Å². The summed E-state index contributed by atoms with van der Waals surface area (Å²) in [7, 11) is -3.97. The van der Waals surface area contributed by atoms with Gasteiger partial charge in [0.25, 0.3) is 0 Å². The molecule has 4 aromatic rings. The van der Waals surface area contributed by atoms with Crippen molar-refractivity contribution >= 4 is 16.0 Å². The van der Waals surface area contributed by atoms with Crippen molar-refractivity contribution in [3.63, 3.8) is 0 Å². The summed E-state index contributed by atoms with van der Waals surface area (Å²) in [5.41, 5.74) is 4.02. The lowest BCUT2D eigenvalue weighted by atomic mass is 9.85. The maximum atomic E-state index is 14.0. The van der Waals surface area contributed by atoms with Crippen molar-refractivity contribution in [1.82, 2.24) is 4.31 Å². The summed E-state index contributed by atoms with van der Waals surface area (Å²) in [6.07, 6.45) is -3.80. The van der Waals surface area contributed by atoms with Crippen LogP contribution >= 0.6 is 0 Å². The minimum Gasteiger partial charge on any atom is -0.479 e. The van der Waals surface area contributed by atoms with E-state index in [1.165, 1.54) is 34.6 Å². The number of hydrogen-bond acceptors (Lipinski definition) is 4. The van der Waals surface area contributed by atoms with Crippen LogP contribution in [0.1, 0.15) is 53.5 Å². The highest BCUT2D eigenvalue weighted by atomic mass is 32.2. The number of aryl methyl sites for hydroxylation is 2. The summed E-state index contributed by atoms with van der Waals surface area (Å²) in [6.45, 7) is 3.73. The molecule has 2 atom stereocenters. The molecule has 0 saturated carbocycles. The van der Waals surface area contributed by atoms with E-state index in [4.69, 9.17) is 4.74 Å². The SMILES string of the molecule is CCC(Oc1ccc(S(=O)(=O)N2Cc3cc(-c4ccc(C(F)(F)F)cc4)ccc3C(CCc3ccccc3)C2)cc1C)C(=O)O. The summed E-state index contributed by atoms with van der Waals surface area (Å²) in [5.74, 6) is -0.915. The zero-order valence-electron chi connectivity index (χ0n) is 24.9. The molecular formula is C35H34F3NO5S. The van der Waals surface area contributed by atoms with Gasteiger partial charge in [-0.2, -0.15) is 17.5 Å². The van der Waals surface area contributed by atoms with Crippen LogP contribution in [0.5, 0.6) is 5.75 Å². The lowest BCUT2D eigenvalue weighted by molar-refractivity contribution is -0.145. The van der Waals surface area contributed by atoms with Gasteiger partial charge in [-0.1, -0.05) is 61.5 Å². The van der Waals surface area contributed by atoms with Crippen molar-refractivity contribution in [2.75, 3.05) is 6.54 Å². The Balaban J connectivity index is 1.47. The van der Waals surface area contributed by atoms with E-state index in [2.05, 4.69) is 0 Å². The second-order valence-electron chi connectivity index (χ2n) is 11.3. The molecule has 0 bridgehead atoms. The third-order valence-electron chi connectivity index (χ3n) is 8.22. The fourth-order valence-electron chi connectivity index (χ4n) is 5.71. The molecular weight excluding hydrogens is 603 g/mol. The minimum atomic E-state index is -4.44. The molecule has 0 aromatic heterocycles. The Morgan fingerprint density at radius 3 is 2.29 bits per heavy atom. The molecule has 1 aliphatic heterocycles. The number of hydrogen-bond donors (Lipinski definition) is 1. The molecule has 0 aliphatic carbocycles. The highest BCUT2D eigenvalue weighted by Crippen LogP contribution is 2.38. The summed E-state index contributed by atoms with van der Waals surface area (Å²) >= 11 is 0. The van der Waals surface area contributed by atoms with Gasteiger partial charge in [-0.3, -0.25) is 0 Å². The highest BCUT2D eigenvalue weighted by Gasteiger charge is 2.34. The quantitative estimate of drug-likeness (QED) is 0.192. The average molecular weight is 638 g/mol. The van der Waals surface area contributed by atoms with E-state index >= 15 is 0 Å². The zero-order valence-corrected chi connectivity index (χ0v) is 25.7. The number of fused-ring (bicyclic) bond motifs is 1. The van der Waals surface area contributed by atoms with Gasteiger partial charge >= 0.3 is 12.1 Å². The van der Waals surface area contributed by atoms with E-state index in [0.29, 0.717) is 28.9 Å². The number of halogens is 3. The van der Waals surface area contributed by atoms with Gasteiger partial charge in [0.1, 0.15) is 5.75 Å². The van der Waals surface area contributed by atoms with Gasteiger partial charge in [0.15, 0.2) is 6.10 Å². The molecule has 2 unspecified atom stereocenters. The molecule has 45 heavy (non-hydrogen) atoms. The number of nitrogens with zero attached hydrogens (tertiary/aromatic N) is 1. The topological polar surface area (TPSA) is 83.9 Å². The summed E-state index contributed by atoms with van der Waals surface area (Å²) in [4.78, 5) is 11.5. The maximum absolute atomic E-state index is 14.0. The molecule has 0 spiro atoms. The van der Waals surface area contributed by atoms with E-state index in [-0.39, 0.29) is 30.3 Å². The fraction of sp³-hybridized carbons (Fsp3) is 0.286. The third-order valence-corrected chi connectivity index (χ3v) is 10.0. The standard InChI is InChI=1S/C35H34F3NO5S/c1-3-32(34(40)41)44-33-18-16-30(19-23(33)2)45(42,43)39-21-27(10-9-24-7-5-4-6-8-24)31-17-13-26(20-28(31)22-39)25-11-14-29(15-12-25)35(36,37)38/h4-8,11-20,27,32H,3,9-10,21-22H2,1-2H3,(H,40,41). The fourth-order valence-corrected chi connectivity index (χ4v) is 7.26. The molecule has 0 saturated heterocycles. The molecule has 1 heterocycles. The lowest BCUT2D eigenvalue weighted by Crippen LogP contribution is -2.38. The first-order chi connectivity index (χ1) is 21.4. The van der Waals surface area contributed by atoms with Crippen LogP contribution in [-0.2, 0) is 34.0 Å². The van der Waals surface area contributed by atoms with Gasteiger partial charge in [-0.05, 0) is 102 Å². The van der Waals surface area contributed by atoms with Crippen LogP contribution in [0.4, 0.5) is 13.2 Å². The molecule has 10 heteroatoms. The normalized spacial score (nSPS) is 16.2. The second-order valence-corrected chi connectivity index (χ2v) is 13.2. The number of carboxylic acid groups (broad SMARTS) is 1. The number of carbonyl (C=O) groups is 1. The van der Waals surface area contributed by atoms with Gasteiger partial charge in [-0.25, -0.2) is 13.2 Å². The molecule has 0 amide bonds. The number of carboxylic acids is 1. The van der Waals surface area contributed by atoms with Gasteiger partial charge in [0, 0.05) is 13.1 Å². The number of ether oxygens (including phenoxy) is 1. The first-order valence-corrected chi connectivity index (χ1v) is 16.2. The Labute approximate surface area is 261 Å². The number of benzene rings is 4. The number of sulfonamides is 1. The molecule has 1 N–H and O–H groups in total. The number of aliphatic carboxylic acids is 1. The van der Waals surface area contributed by atoms with Crippen LogP contribution in [-0.4, -0.2) is 36.4 Å².